The highest BCUT2D eigenvalue weighted by atomic mass is 79.9. The monoisotopic (exact) mass is 317 g/mol. The number of halogens is 2. The van der Waals surface area contributed by atoms with E-state index >= 15 is 0 Å². The van der Waals surface area contributed by atoms with Crippen LogP contribution >= 0.6 is 15.9 Å². The molecule has 0 heterocycles. The second-order valence-corrected chi connectivity index (χ2v) is 4.57. The minimum absolute atomic E-state index is 0.0792. The van der Waals surface area contributed by atoms with Crippen molar-refractivity contribution in [3.63, 3.8) is 0 Å². The third-order valence-corrected chi connectivity index (χ3v) is 3.24. The average Bonchev–Trinajstić information content (AvgIpc) is 2.38. The Kier molecular flexibility index (Phi) is 4.66. The molecule has 0 spiro atoms. The summed E-state index contributed by atoms with van der Waals surface area (Å²) in [6.45, 7) is 1.57. The lowest BCUT2D eigenvalue weighted by atomic mass is 10.1. The van der Waals surface area contributed by atoms with Crippen LogP contribution in [0.1, 0.15) is 17.3 Å². The van der Waals surface area contributed by atoms with E-state index in [0.29, 0.717) is 0 Å². The Hall–Kier alpha value is -1.63. The summed E-state index contributed by atoms with van der Waals surface area (Å²) in [5.41, 5.74) is 5.33. The van der Waals surface area contributed by atoms with Gasteiger partial charge in [-0.05, 0) is 35.0 Å². The highest BCUT2D eigenvalue weighted by Crippen LogP contribution is 2.20. The summed E-state index contributed by atoms with van der Waals surface area (Å²) in [4.78, 5) is 13.2. The third kappa shape index (κ3) is 2.79. The molecule has 0 aliphatic heterocycles. The van der Waals surface area contributed by atoms with Crippen molar-refractivity contribution in [2.75, 3.05) is 7.05 Å². The maximum absolute atomic E-state index is 13.8. The van der Waals surface area contributed by atoms with Crippen molar-refractivity contribution in [3.05, 3.63) is 34.1 Å². The fraction of sp³-hybridized carbons (Fsp3) is 0.273. The summed E-state index contributed by atoms with van der Waals surface area (Å²) < 4.78 is 14.0. The van der Waals surface area contributed by atoms with Crippen molar-refractivity contribution in [1.82, 2.24) is 4.90 Å². The maximum atomic E-state index is 13.8. The molecule has 0 aromatic heterocycles. The Morgan fingerprint density at radius 3 is 2.78 bits per heavy atom. The van der Waals surface area contributed by atoms with E-state index in [0.717, 1.165) is 0 Å². The lowest BCUT2D eigenvalue weighted by Crippen LogP contribution is -2.44. The molecule has 0 fully saturated rings. The number of nitrogens with zero attached hydrogens (tertiary/aromatic N) is 2. The Labute approximate surface area is 112 Å². The number of carbonyl (C=O) groups excluding carboxylic acids is 1. The van der Waals surface area contributed by atoms with E-state index in [2.05, 4.69) is 21.1 Å². The quantitative estimate of drug-likeness (QED) is 0.386. The first-order valence-corrected chi connectivity index (χ1v) is 5.88. The minimum Gasteiger partial charge on any atom is -0.409 e. The molecule has 18 heavy (non-hydrogen) atoms. The molecule has 1 aromatic carbocycles. The van der Waals surface area contributed by atoms with Crippen LogP contribution in [-0.4, -0.2) is 34.9 Å². The first-order valence-electron chi connectivity index (χ1n) is 5.08. The molecule has 1 aromatic rings. The largest absolute Gasteiger partial charge is 0.409 e. The smallest absolute Gasteiger partial charge is 0.257 e. The zero-order chi connectivity index (χ0) is 13.9. The van der Waals surface area contributed by atoms with Crippen molar-refractivity contribution in [1.29, 1.82) is 0 Å². The normalized spacial score (nSPS) is 13.2. The van der Waals surface area contributed by atoms with Gasteiger partial charge in [-0.25, -0.2) is 4.39 Å². The predicted molar refractivity (Wildman–Crippen MR) is 69.1 cm³/mol. The number of oxime groups is 1. The molecule has 1 atom stereocenters. The molecular weight excluding hydrogens is 305 g/mol. The zero-order valence-corrected chi connectivity index (χ0v) is 11.5. The number of carbonyl (C=O) groups is 1. The standard InChI is InChI=1S/C11H13BrFN3O2/c1-6(10(14)15-18)16(2)11(17)7-4-3-5-8(12)9(7)13/h3-6,18H,1-2H3,(H2,14,15). The van der Waals surface area contributed by atoms with Crippen LogP contribution in [0.4, 0.5) is 4.39 Å². The summed E-state index contributed by atoms with van der Waals surface area (Å²) in [6, 6.07) is 3.79. The van der Waals surface area contributed by atoms with Crippen LogP contribution in [0.2, 0.25) is 0 Å². The van der Waals surface area contributed by atoms with Gasteiger partial charge in [0.25, 0.3) is 5.91 Å². The van der Waals surface area contributed by atoms with Crippen molar-refractivity contribution < 1.29 is 14.4 Å². The van der Waals surface area contributed by atoms with Gasteiger partial charge in [-0.15, -0.1) is 0 Å². The van der Waals surface area contributed by atoms with E-state index in [1.54, 1.807) is 13.0 Å². The van der Waals surface area contributed by atoms with Crippen LogP contribution in [-0.2, 0) is 0 Å². The van der Waals surface area contributed by atoms with Crippen LogP contribution in [0.15, 0.2) is 27.8 Å². The van der Waals surface area contributed by atoms with E-state index in [-0.39, 0.29) is 15.9 Å². The van der Waals surface area contributed by atoms with Gasteiger partial charge in [0.05, 0.1) is 16.1 Å². The molecule has 3 N–H and O–H groups in total. The Bertz CT molecular complexity index is 493. The van der Waals surface area contributed by atoms with Gasteiger partial charge in [-0.3, -0.25) is 4.79 Å². The predicted octanol–water partition coefficient (Wildman–Crippen LogP) is 1.80. The highest BCUT2D eigenvalue weighted by molar-refractivity contribution is 9.10. The molecule has 0 aliphatic rings. The van der Waals surface area contributed by atoms with Crippen LogP contribution < -0.4 is 5.73 Å². The lowest BCUT2D eigenvalue weighted by molar-refractivity contribution is 0.0771. The summed E-state index contributed by atoms with van der Waals surface area (Å²) in [5, 5.41) is 11.4. The molecule has 0 bridgehead atoms. The number of amides is 1. The molecule has 1 rings (SSSR count). The first kappa shape index (κ1) is 14.4. The maximum Gasteiger partial charge on any atom is 0.257 e. The van der Waals surface area contributed by atoms with Crippen LogP contribution in [0.3, 0.4) is 0 Å². The molecule has 0 radical (unpaired) electrons. The van der Waals surface area contributed by atoms with E-state index < -0.39 is 17.8 Å². The number of hydrogen-bond acceptors (Lipinski definition) is 3. The topological polar surface area (TPSA) is 78.9 Å². The summed E-state index contributed by atoms with van der Waals surface area (Å²) in [6.07, 6.45) is 0. The number of nitrogens with two attached hydrogens (primary N) is 1. The number of rotatable bonds is 3. The Morgan fingerprint density at radius 2 is 2.22 bits per heavy atom. The van der Waals surface area contributed by atoms with E-state index in [1.165, 1.54) is 24.1 Å². The summed E-state index contributed by atoms with van der Waals surface area (Å²) >= 11 is 3.01. The number of amidine groups is 1. The van der Waals surface area contributed by atoms with Gasteiger partial charge in [0.15, 0.2) is 5.84 Å². The summed E-state index contributed by atoms with van der Waals surface area (Å²) in [5.74, 6) is -1.31. The highest BCUT2D eigenvalue weighted by Gasteiger charge is 2.23. The molecule has 1 unspecified atom stereocenters. The van der Waals surface area contributed by atoms with Gasteiger partial charge < -0.3 is 15.8 Å². The van der Waals surface area contributed by atoms with Crippen molar-refractivity contribution in [2.45, 2.75) is 13.0 Å². The SMILES string of the molecule is CC(/C(N)=N/O)N(C)C(=O)c1cccc(Br)c1F. The molecule has 0 aliphatic carbocycles. The Morgan fingerprint density at radius 1 is 1.61 bits per heavy atom. The Balaban J connectivity index is 3.04. The van der Waals surface area contributed by atoms with Gasteiger partial charge >= 0.3 is 0 Å². The fourth-order valence-corrected chi connectivity index (χ4v) is 1.68. The van der Waals surface area contributed by atoms with Gasteiger partial charge in [-0.1, -0.05) is 11.2 Å². The fourth-order valence-electron chi connectivity index (χ4n) is 1.32. The minimum atomic E-state index is -0.638. The van der Waals surface area contributed by atoms with Crippen LogP contribution in [0.5, 0.6) is 0 Å². The van der Waals surface area contributed by atoms with Crippen molar-refractivity contribution in [3.8, 4) is 0 Å². The second kappa shape index (κ2) is 5.81. The first-order chi connectivity index (χ1) is 8.40. The molecule has 7 heteroatoms. The average molecular weight is 318 g/mol. The second-order valence-electron chi connectivity index (χ2n) is 3.72. The van der Waals surface area contributed by atoms with Gasteiger partial charge in [-0.2, -0.15) is 0 Å². The number of hydrogen-bond donors (Lipinski definition) is 2. The van der Waals surface area contributed by atoms with E-state index in [1.807, 2.05) is 0 Å². The molecular formula is C11H13BrFN3O2. The molecule has 1 amide bonds. The van der Waals surface area contributed by atoms with Gasteiger partial charge in [0.1, 0.15) is 5.82 Å². The van der Waals surface area contributed by atoms with E-state index in [4.69, 9.17) is 10.9 Å². The molecule has 0 saturated heterocycles. The summed E-state index contributed by atoms with van der Waals surface area (Å²) in [7, 11) is 1.45. The third-order valence-electron chi connectivity index (χ3n) is 2.63. The molecule has 5 nitrogen and oxygen atoms in total. The van der Waals surface area contributed by atoms with Gasteiger partial charge in [0, 0.05) is 7.05 Å². The zero-order valence-electron chi connectivity index (χ0n) is 9.89. The van der Waals surface area contributed by atoms with E-state index in [9.17, 15) is 9.18 Å². The molecule has 0 saturated carbocycles. The van der Waals surface area contributed by atoms with Gasteiger partial charge in [0.2, 0.25) is 0 Å². The van der Waals surface area contributed by atoms with Crippen molar-refractivity contribution in [2.24, 2.45) is 10.9 Å². The number of likely N-dealkylation sites (N-methyl/N-ethyl adjacent to an activating group) is 1. The lowest BCUT2D eigenvalue weighted by Gasteiger charge is -2.24. The van der Waals surface area contributed by atoms with Crippen molar-refractivity contribution >= 4 is 27.7 Å². The number of benzene rings is 1. The van der Waals surface area contributed by atoms with Crippen LogP contribution in [0, 0.1) is 5.82 Å². The molecule has 98 valence electrons. The van der Waals surface area contributed by atoms with Crippen LogP contribution in [0.25, 0.3) is 0 Å².